The number of carbonyl (C=O) groups excluding carboxylic acids is 2. The van der Waals surface area contributed by atoms with Gasteiger partial charge in [-0.15, -0.1) is 0 Å². The first-order chi connectivity index (χ1) is 11.0. The molecule has 0 heterocycles. The van der Waals surface area contributed by atoms with E-state index >= 15 is 0 Å². The Hall–Kier alpha value is -2.53. The van der Waals surface area contributed by atoms with Crippen LogP contribution in [0.3, 0.4) is 0 Å². The monoisotopic (exact) mass is 331 g/mol. The first-order valence-electron chi connectivity index (χ1n) is 7.12. The van der Waals surface area contributed by atoms with E-state index in [1.165, 1.54) is 0 Å². The molecule has 4 N–H and O–H groups in total. The second-order valence-electron chi connectivity index (χ2n) is 5.21. The lowest BCUT2D eigenvalue weighted by atomic mass is 10.0. The van der Waals surface area contributed by atoms with Gasteiger partial charge < -0.3 is 16.4 Å². The predicted molar refractivity (Wildman–Crippen MR) is 91.3 cm³/mol. The minimum Gasteiger partial charge on any atom is -0.352 e. The smallest absolute Gasteiger partial charge is 0.312 e. The lowest BCUT2D eigenvalue weighted by Gasteiger charge is -2.18. The summed E-state index contributed by atoms with van der Waals surface area (Å²) in [6.07, 6.45) is 0.0527. The van der Waals surface area contributed by atoms with Crippen LogP contribution in [0.15, 0.2) is 48.5 Å². The Balaban J connectivity index is 2.09. The number of benzene rings is 2. The Morgan fingerprint density at radius 2 is 1.87 bits per heavy atom. The molecule has 0 aliphatic heterocycles. The molecule has 3 amide bonds. The molecule has 0 spiro atoms. The highest BCUT2D eigenvalue weighted by Gasteiger charge is 2.18. The van der Waals surface area contributed by atoms with Crippen molar-refractivity contribution in [2.45, 2.75) is 19.4 Å². The van der Waals surface area contributed by atoms with Crippen LogP contribution in [0.25, 0.3) is 0 Å². The summed E-state index contributed by atoms with van der Waals surface area (Å²) in [6, 6.07) is 13.4. The molecule has 0 aliphatic rings. The van der Waals surface area contributed by atoms with Crippen molar-refractivity contribution in [3.63, 3.8) is 0 Å². The molecule has 0 fully saturated rings. The first kappa shape index (κ1) is 16.8. The van der Waals surface area contributed by atoms with Gasteiger partial charge in [0.05, 0.1) is 23.2 Å². The van der Waals surface area contributed by atoms with E-state index in [1.807, 2.05) is 43.3 Å². The molecule has 0 radical (unpaired) electrons. The molecule has 2 rings (SSSR count). The Morgan fingerprint density at radius 1 is 1.17 bits per heavy atom. The molecular formula is C17H18ClN3O2. The summed E-state index contributed by atoms with van der Waals surface area (Å²) in [4.78, 5) is 23.4. The van der Waals surface area contributed by atoms with E-state index in [4.69, 9.17) is 17.3 Å². The van der Waals surface area contributed by atoms with Crippen LogP contribution in [0.1, 0.15) is 23.6 Å². The van der Waals surface area contributed by atoms with Crippen LogP contribution >= 0.6 is 11.6 Å². The number of rotatable bonds is 5. The van der Waals surface area contributed by atoms with Gasteiger partial charge in [-0.25, -0.2) is 4.79 Å². The molecule has 6 heteroatoms. The molecule has 0 saturated heterocycles. The van der Waals surface area contributed by atoms with Gasteiger partial charge in [0, 0.05) is 0 Å². The number of amides is 3. The second kappa shape index (κ2) is 7.65. The zero-order chi connectivity index (χ0) is 16.8. The van der Waals surface area contributed by atoms with Crippen molar-refractivity contribution in [3.05, 3.63) is 64.7 Å². The van der Waals surface area contributed by atoms with Gasteiger partial charge in [-0.1, -0.05) is 48.0 Å². The minimum absolute atomic E-state index is 0.0527. The van der Waals surface area contributed by atoms with Crippen LogP contribution in [-0.2, 0) is 4.79 Å². The average molecular weight is 332 g/mol. The number of hydrogen-bond acceptors (Lipinski definition) is 2. The van der Waals surface area contributed by atoms with Crippen molar-refractivity contribution in [1.82, 2.24) is 5.32 Å². The predicted octanol–water partition coefficient (Wildman–Crippen LogP) is 3.39. The number of anilines is 1. The SMILES string of the molecule is Cc1ccc(NC(=O)C[C@@H](NC(N)=O)c2ccccc2)c(Cl)c1. The highest BCUT2D eigenvalue weighted by atomic mass is 35.5. The third-order valence-corrected chi connectivity index (χ3v) is 3.62. The lowest BCUT2D eigenvalue weighted by Crippen LogP contribution is -2.35. The van der Waals surface area contributed by atoms with Gasteiger partial charge in [0.25, 0.3) is 0 Å². The summed E-state index contributed by atoms with van der Waals surface area (Å²) >= 11 is 6.11. The fourth-order valence-electron chi connectivity index (χ4n) is 2.22. The number of halogens is 1. The van der Waals surface area contributed by atoms with E-state index in [0.29, 0.717) is 10.7 Å². The molecule has 120 valence electrons. The summed E-state index contributed by atoms with van der Waals surface area (Å²) in [5.74, 6) is -0.265. The van der Waals surface area contributed by atoms with Crippen LogP contribution in [0.4, 0.5) is 10.5 Å². The van der Waals surface area contributed by atoms with Gasteiger partial charge >= 0.3 is 6.03 Å². The number of hydrogen-bond donors (Lipinski definition) is 3. The van der Waals surface area contributed by atoms with Crippen LogP contribution in [-0.4, -0.2) is 11.9 Å². The third-order valence-electron chi connectivity index (χ3n) is 3.31. The fourth-order valence-corrected chi connectivity index (χ4v) is 2.50. The number of nitrogens with one attached hydrogen (secondary N) is 2. The summed E-state index contributed by atoms with van der Waals surface area (Å²) < 4.78 is 0. The molecule has 23 heavy (non-hydrogen) atoms. The third kappa shape index (κ3) is 5.00. The number of nitrogens with two attached hydrogens (primary N) is 1. The molecule has 0 aromatic heterocycles. The summed E-state index contributed by atoms with van der Waals surface area (Å²) in [5, 5.41) is 5.80. The molecule has 0 bridgehead atoms. The van der Waals surface area contributed by atoms with E-state index in [1.54, 1.807) is 12.1 Å². The molecule has 0 saturated carbocycles. The fraction of sp³-hybridized carbons (Fsp3) is 0.176. The van der Waals surface area contributed by atoms with Crippen molar-refractivity contribution >= 4 is 29.2 Å². The normalized spacial score (nSPS) is 11.6. The molecule has 2 aromatic carbocycles. The highest BCUT2D eigenvalue weighted by molar-refractivity contribution is 6.33. The van der Waals surface area contributed by atoms with Crippen LogP contribution in [0.2, 0.25) is 5.02 Å². The highest BCUT2D eigenvalue weighted by Crippen LogP contribution is 2.24. The summed E-state index contributed by atoms with van der Waals surface area (Å²) in [6.45, 7) is 1.92. The quantitative estimate of drug-likeness (QED) is 0.784. The summed E-state index contributed by atoms with van der Waals surface area (Å²) in [7, 11) is 0. The van der Waals surface area contributed by atoms with Crippen LogP contribution in [0.5, 0.6) is 0 Å². The molecule has 0 aliphatic carbocycles. The van der Waals surface area contributed by atoms with Crippen molar-refractivity contribution in [3.8, 4) is 0 Å². The van der Waals surface area contributed by atoms with Gasteiger partial charge in [0.1, 0.15) is 0 Å². The van der Waals surface area contributed by atoms with Gasteiger partial charge in [0.15, 0.2) is 0 Å². The number of carbonyl (C=O) groups is 2. The Kier molecular flexibility index (Phi) is 5.60. The van der Waals surface area contributed by atoms with Crippen molar-refractivity contribution < 1.29 is 9.59 Å². The first-order valence-corrected chi connectivity index (χ1v) is 7.50. The van der Waals surface area contributed by atoms with Gasteiger partial charge in [-0.05, 0) is 30.2 Å². The zero-order valence-corrected chi connectivity index (χ0v) is 13.4. The molecular weight excluding hydrogens is 314 g/mol. The van der Waals surface area contributed by atoms with E-state index in [2.05, 4.69) is 10.6 Å². The standard InChI is InChI=1S/C17H18ClN3O2/c1-11-7-8-14(13(18)9-11)20-16(22)10-15(21-17(19)23)12-5-3-2-4-6-12/h2-9,15H,10H2,1H3,(H,20,22)(H3,19,21,23)/t15-/m1/s1. The zero-order valence-electron chi connectivity index (χ0n) is 12.7. The Labute approximate surface area is 139 Å². The van der Waals surface area contributed by atoms with Crippen molar-refractivity contribution in [1.29, 1.82) is 0 Å². The minimum atomic E-state index is -0.681. The lowest BCUT2D eigenvalue weighted by molar-refractivity contribution is -0.116. The molecule has 1 atom stereocenters. The van der Waals surface area contributed by atoms with Gasteiger partial charge in [-0.3, -0.25) is 4.79 Å². The molecule has 2 aromatic rings. The Morgan fingerprint density at radius 3 is 2.48 bits per heavy atom. The molecule has 0 unspecified atom stereocenters. The van der Waals surface area contributed by atoms with Crippen LogP contribution < -0.4 is 16.4 Å². The maximum Gasteiger partial charge on any atom is 0.312 e. The van der Waals surface area contributed by atoms with E-state index in [9.17, 15) is 9.59 Å². The second-order valence-corrected chi connectivity index (χ2v) is 5.61. The van der Waals surface area contributed by atoms with E-state index < -0.39 is 12.1 Å². The van der Waals surface area contributed by atoms with Crippen molar-refractivity contribution in [2.24, 2.45) is 5.73 Å². The topological polar surface area (TPSA) is 84.2 Å². The number of primary amides is 1. The maximum absolute atomic E-state index is 12.3. The van der Waals surface area contributed by atoms with Gasteiger partial charge in [-0.2, -0.15) is 0 Å². The van der Waals surface area contributed by atoms with Gasteiger partial charge in [0.2, 0.25) is 5.91 Å². The number of aryl methyl sites for hydroxylation is 1. The van der Waals surface area contributed by atoms with Crippen LogP contribution in [0, 0.1) is 6.92 Å². The maximum atomic E-state index is 12.3. The largest absolute Gasteiger partial charge is 0.352 e. The summed E-state index contributed by atoms with van der Waals surface area (Å²) in [5.41, 5.74) is 7.54. The average Bonchev–Trinajstić information content (AvgIpc) is 2.50. The van der Waals surface area contributed by atoms with E-state index in [0.717, 1.165) is 11.1 Å². The van der Waals surface area contributed by atoms with E-state index in [-0.39, 0.29) is 12.3 Å². The number of urea groups is 1. The molecule has 5 nitrogen and oxygen atoms in total. The van der Waals surface area contributed by atoms with Crippen molar-refractivity contribution in [2.75, 3.05) is 5.32 Å². The Bertz CT molecular complexity index is 704.